The van der Waals surface area contributed by atoms with Crippen molar-refractivity contribution < 1.29 is 12.9 Å². The van der Waals surface area contributed by atoms with Crippen LogP contribution >= 0.6 is 0 Å². The van der Waals surface area contributed by atoms with E-state index in [0.29, 0.717) is 25.7 Å². The number of rotatable bonds is 4. The Bertz CT molecular complexity index is 489. The van der Waals surface area contributed by atoms with Gasteiger partial charge in [0.05, 0.1) is 18.5 Å². The van der Waals surface area contributed by atoms with Gasteiger partial charge < -0.3 is 9.84 Å². The van der Waals surface area contributed by atoms with Gasteiger partial charge in [-0.3, -0.25) is 0 Å². The van der Waals surface area contributed by atoms with Gasteiger partial charge in [0.25, 0.3) is 0 Å². The molecule has 0 spiro atoms. The number of nitrogens with zero attached hydrogens (tertiary/aromatic N) is 2. The second-order valence-electron chi connectivity index (χ2n) is 4.75. The molecule has 1 aliphatic heterocycles. The summed E-state index contributed by atoms with van der Waals surface area (Å²) in [5.41, 5.74) is 0.874. The zero-order chi connectivity index (χ0) is 13.2. The first-order valence-corrected chi connectivity index (χ1v) is 7.90. The Labute approximate surface area is 107 Å². The normalized spacial score (nSPS) is 19.2. The molecule has 1 aliphatic rings. The molecule has 0 atom stereocenters. The Kier molecular flexibility index (Phi) is 4.04. The van der Waals surface area contributed by atoms with E-state index in [2.05, 4.69) is 10.5 Å². The minimum atomic E-state index is -3.04. The zero-order valence-electron chi connectivity index (χ0n) is 10.7. The van der Waals surface area contributed by atoms with E-state index in [1.807, 2.05) is 13.0 Å². The summed E-state index contributed by atoms with van der Waals surface area (Å²) in [4.78, 5) is 0. The molecule has 0 unspecified atom stereocenters. The Hall–Kier alpha value is -0.920. The smallest absolute Gasteiger partial charge is 0.211 e. The highest BCUT2D eigenvalue weighted by Crippen LogP contribution is 2.14. The third kappa shape index (κ3) is 3.54. The van der Waals surface area contributed by atoms with Crippen molar-refractivity contribution in [3.63, 3.8) is 0 Å². The van der Waals surface area contributed by atoms with Crippen molar-refractivity contribution in [3.05, 3.63) is 17.5 Å². The minimum Gasteiger partial charge on any atom is -0.360 e. The average molecular weight is 273 g/mol. The first kappa shape index (κ1) is 13.5. The molecule has 2 rings (SSSR count). The second-order valence-corrected chi connectivity index (χ2v) is 6.73. The van der Waals surface area contributed by atoms with Gasteiger partial charge in [-0.2, -0.15) is 0 Å². The maximum absolute atomic E-state index is 11.4. The van der Waals surface area contributed by atoms with E-state index in [9.17, 15) is 8.42 Å². The molecule has 7 heteroatoms. The van der Waals surface area contributed by atoms with E-state index >= 15 is 0 Å². The van der Waals surface area contributed by atoms with Crippen molar-refractivity contribution in [2.45, 2.75) is 32.4 Å². The van der Waals surface area contributed by atoms with Gasteiger partial charge in [0.2, 0.25) is 10.0 Å². The second kappa shape index (κ2) is 5.38. The Morgan fingerprint density at radius 2 is 2.17 bits per heavy atom. The fraction of sp³-hybridized carbons (Fsp3) is 0.727. The van der Waals surface area contributed by atoms with Gasteiger partial charge in [0.1, 0.15) is 0 Å². The van der Waals surface area contributed by atoms with E-state index in [0.717, 1.165) is 24.3 Å². The quantitative estimate of drug-likeness (QED) is 0.864. The lowest BCUT2D eigenvalue weighted by atomic mass is 10.1. The van der Waals surface area contributed by atoms with Crippen LogP contribution in [-0.4, -0.2) is 43.3 Å². The Morgan fingerprint density at radius 1 is 1.50 bits per heavy atom. The lowest BCUT2D eigenvalue weighted by Gasteiger charge is -2.30. The third-order valence-corrected chi connectivity index (χ3v) is 4.47. The molecule has 18 heavy (non-hydrogen) atoms. The van der Waals surface area contributed by atoms with Crippen LogP contribution in [0.3, 0.4) is 0 Å². The van der Waals surface area contributed by atoms with Crippen LogP contribution in [0.4, 0.5) is 0 Å². The number of nitrogens with one attached hydrogen (secondary N) is 1. The lowest BCUT2D eigenvalue weighted by molar-refractivity contribution is 0.279. The van der Waals surface area contributed by atoms with Gasteiger partial charge in [0, 0.05) is 25.2 Å². The number of sulfonamides is 1. The molecule has 102 valence electrons. The summed E-state index contributed by atoms with van der Waals surface area (Å²) < 4.78 is 29.4. The van der Waals surface area contributed by atoms with E-state index in [1.54, 1.807) is 0 Å². The standard InChI is InChI=1S/C11H19N3O3S/c1-9-7-11(17-13-9)8-12-10-3-5-14(6-4-10)18(2,15)16/h7,10,12H,3-6,8H2,1-2H3. The molecule has 0 radical (unpaired) electrons. The molecular formula is C11H19N3O3S. The molecule has 0 aromatic carbocycles. The fourth-order valence-electron chi connectivity index (χ4n) is 2.14. The largest absolute Gasteiger partial charge is 0.360 e. The SMILES string of the molecule is Cc1cc(CNC2CCN(S(C)(=O)=O)CC2)on1. The third-order valence-electron chi connectivity index (χ3n) is 3.16. The van der Waals surface area contributed by atoms with Crippen LogP contribution < -0.4 is 5.32 Å². The summed E-state index contributed by atoms with van der Waals surface area (Å²) in [7, 11) is -3.04. The molecule has 1 aromatic rings. The minimum absolute atomic E-state index is 0.341. The van der Waals surface area contributed by atoms with Gasteiger partial charge in [-0.25, -0.2) is 12.7 Å². The molecule has 0 saturated carbocycles. The molecule has 6 nitrogen and oxygen atoms in total. The predicted molar refractivity (Wildman–Crippen MR) is 67.5 cm³/mol. The van der Waals surface area contributed by atoms with Crippen molar-refractivity contribution in [1.82, 2.24) is 14.8 Å². The van der Waals surface area contributed by atoms with Crippen molar-refractivity contribution in [1.29, 1.82) is 0 Å². The number of hydrogen-bond acceptors (Lipinski definition) is 5. The molecule has 0 bridgehead atoms. The van der Waals surface area contributed by atoms with Crippen molar-refractivity contribution >= 4 is 10.0 Å². The first-order chi connectivity index (χ1) is 8.45. The lowest BCUT2D eigenvalue weighted by Crippen LogP contribution is -2.44. The highest BCUT2D eigenvalue weighted by atomic mass is 32.2. The summed E-state index contributed by atoms with van der Waals surface area (Å²) >= 11 is 0. The van der Waals surface area contributed by atoms with Crippen LogP contribution in [0.2, 0.25) is 0 Å². The highest BCUT2D eigenvalue weighted by Gasteiger charge is 2.24. The van der Waals surface area contributed by atoms with E-state index in [1.165, 1.54) is 10.6 Å². The van der Waals surface area contributed by atoms with Gasteiger partial charge in [-0.1, -0.05) is 5.16 Å². The molecule has 1 saturated heterocycles. The topological polar surface area (TPSA) is 75.4 Å². The summed E-state index contributed by atoms with van der Waals surface area (Å²) in [5.74, 6) is 0.818. The Balaban J connectivity index is 1.77. The number of aromatic nitrogens is 1. The van der Waals surface area contributed by atoms with Crippen LogP contribution in [0.1, 0.15) is 24.3 Å². The zero-order valence-corrected chi connectivity index (χ0v) is 11.5. The van der Waals surface area contributed by atoms with Crippen molar-refractivity contribution in [3.8, 4) is 0 Å². The summed E-state index contributed by atoms with van der Waals surface area (Å²) in [5, 5.41) is 7.19. The maximum Gasteiger partial charge on any atom is 0.211 e. The van der Waals surface area contributed by atoms with E-state index in [-0.39, 0.29) is 0 Å². The van der Waals surface area contributed by atoms with Crippen LogP contribution in [0.25, 0.3) is 0 Å². The number of piperidine rings is 1. The van der Waals surface area contributed by atoms with Crippen molar-refractivity contribution in [2.75, 3.05) is 19.3 Å². The summed E-state index contributed by atoms with van der Waals surface area (Å²) in [6.07, 6.45) is 2.93. The molecule has 0 amide bonds. The summed E-state index contributed by atoms with van der Waals surface area (Å²) in [6.45, 7) is 3.71. The van der Waals surface area contributed by atoms with Crippen molar-refractivity contribution in [2.24, 2.45) is 0 Å². The van der Waals surface area contributed by atoms with Crippen LogP contribution in [0, 0.1) is 6.92 Å². The van der Waals surface area contributed by atoms with E-state index < -0.39 is 10.0 Å². The predicted octanol–water partition coefficient (Wildman–Crippen LogP) is 0.497. The highest BCUT2D eigenvalue weighted by molar-refractivity contribution is 7.88. The van der Waals surface area contributed by atoms with E-state index in [4.69, 9.17) is 4.52 Å². The Morgan fingerprint density at radius 3 is 2.67 bits per heavy atom. The monoisotopic (exact) mass is 273 g/mol. The molecule has 0 aliphatic carbocycles. The maximum atomic E-state index is 11.4. The molecule has 1 fully saturated rings. The van der Waals surface area contributed by atoms with Crippen LogP contribution in [0.5, 0.6) is 0 Å². The average Bonchev–Trinajstić information content (AvgIpc) is 2.72. The van der Waals surface area contributed by atoms with Crippen LogP contribution in [-0.2, 0) is 16.6 Å². The molecular weight excluding hydrogens is 254 g/mol. The fourth-order valence-corrected chi connectivity index (χ4v) is 3.01. The number of aryl methyl sites for hydroxylation is 1. The molecule has 1 N–H and O–H groups in total. The molecule has 2 heterocycles. The van der Waals surface area contributed by atoms with Gasteiger partial charge in [-0.05, 0) is 19.8 Å². The molecule has 1 aromatic heterocycles. The van der Waals surface area contributed by atoms with Gasteiger partial charge in [0.15, 0.2) is 5.76 Å². The number of hydrogen-bond donors (Lipinski definition) is 1. The van der Waals surface area contributed by atoms with Gasteiger partial charge >= 0.3 is 0 Å². The summed E-state index contributed by atoms with van der Waals surface area (Å²) in [6, 6.07) is 2.24. The van der Waals surface area contributed by atoms with Gasteiger partial charge in [-0.15, -0.1) is 0 Å². The van der Waals surface area contributed by atoms with Crippen LogP contribution in [0.15, 0.2) is 10.6 Å². The first-order valence-electron chi connectivity index (χ1n) is 6.06.